The van der Waals surface area contributed by atoms with Gasteiger partial charge in [-0.1, -0.05) is 0 Å². The molecule has 1 aliphatic heterocycles. The average molecular weight is 159 g/mol. The van der Waals surface area contributed by atoms with Gasteiger partial charge in [-0.25, -0.2) is 4.79 Å². The zero-order valence-corrected chi connectivity index (χ0v) is 5.78. The van der Waals surface area contributed by atoms with E-state index in [1.807, 2.05) is 0 Å². The lowest BCUT2D eigenvalue weighted by Crippen LogP contribution is -2.41. The predicted molar refractivity (Wildman–Crippen MR) is 34.8 cm³/mol. The van der Waals surface area contributed by atoms with E-state index in [1.165, 1.54) is 0 Å². The Hall–Kier alpha value is -1.10. The highest BCUT2D eigenvalue weighted by Crippen LogP contribution is 2.10. The van der Waals surface area contributed by atoms with Gasteiger partial charge in [0.15, 0.2) is 6.10 Å². The third kappa shape index (κ3) is 1.68. The monoisotopic (exact) mass is 159 g/mol. The SMILES string of the molecule is O=C1CCC(C(O)C(=O)O)N1. The molecule has 0 spiro atoms. The maximum Gasteiger partial charge on any atom is 0.334 e. The molecule has 5 nitrogen and oxygen atoms in total. The van der Waals surface area contributed by atoms with E-state index in [1.54, 1.807) is 0 Å². The lowest BCUT2D eigenvalue weighted by molar-refractivity contribution is -0.148. The van der Waals surface area contributed by atoms with Gasteiger partial charge < -0.3 is 15.5 Å². The molecule has 1 aliphatic rings. The van der Waals surface area contributed by atoms with Gasteiger partial charge in [-0.2, -0.15) is 0 Å². The third-order valence-corrected chi connectivity index (χ3v) is 1.66. The van der Waals surface area contributed by atoms with Crippen molar-refractivity contribution < 1.29 is 19.8 Å². The van der Waals surface area contributed by atoms with Gasteiger partial charge in [0, 0.05) is 6.42 Å². The lowest BCUT2D eigenvalue weighted by atomic mass is 10.1. The summed E-state index contributed by atoms with van der Waals surface area (Å²) >= 11 is 0. The smallest absolute Gasteiger partial charge is 0.334 e. The van der Waals surface area contributed by atoms with Crippen molar-refractivity contribution in [3.63, 3.8) is 0 Å². The molecule has 0 radical (unpaired) electrons. The van der Waals surface area contributed by atoms with Crippen molar-refractivity contribution in [3.05, 3.63) is 0 Å². The Labute approximate surface area is 63.0 Å². The second-order valence-corrected chi connectivity index (χ2v) is 2.50. The summed E-state index contributed by atoms with van der Waals surface area (Å²) in [5.41, 5.74) is 0. The number of hydrogen-bond donors (Lipinski definition) is 3. The molecule has 0 aromatic carbocycles. The molecule has 62 valence electrons. The number of amides is 1. The molecule has 0 aliphatic carbocycles. The molecule has 0 bridgehead atoms. The van der Waals surface area contributed by atoms with Crippen LogP contribution in [0.4, 0.5) is 0 Å². The van der Waals surface area contributed by atoms with Gasteiger partial charge in [0.25, 0.3) is 0 Å². The van der Waals surface area contributed by atoms with Crippen LogP contribution in [-0.2, 0) is 9.59 Å². The summed E-state index contributed by atoms with van der Waals surface area (Å²) in [6.45, 7) is 0. The summed E-state index contributed by atoms with van der Waals surface area (Å²) in [4.78, 5) is 20.8. The maximum atomic E-state index is 10.6. The van der Waals surface area contributed by atoms with Crippen molar-refractivity contribution in [2.24, 2.45) is 0 Å². The number of carboxylic acids is 1. The molecule has 1 heterocycles. The molecule has 0 aromatic heterocycles. The van der Waals surface area contributed by atoms with Crippen LogP contribution in [0.1, 0.15) is 12.8 Å². The highest BCUT2D eigenvalue weighted by atomic mass is 16.4. The molecule has 1 saturated heterocycles. The summed E-state index contributed by atoms with van der Waals surface area (Å²) in [6.07, 6.45) is -0.775. The number of aliphatic hydroxyl groups excluding tert-OH is 1. The summed E-state index contributed by atoms with van der Waals surface area (Å²) < 4.78 is 0. The Balaban J connectivity index is 2.49. The van der Waals surface area contributed by atoms with E-state index in [4.69, 9.17) is 10.2 Å². The Morgan fingerprint density at radius 1 is 1.73 bits per heavy atom. The van der Waals surface area contributed by atoms with Gasteiger partial charge in [-0.05, 0) is 6.42 Å². The zero-order valence-electron chi connectivity index (χ0n) is 5.78. The fourth-order valence-electron chi connectivity index (χ4n) is 1.05. The normalized spacial score (nSPS) is 26.3. The van der Waals surface area contributed by atoms with Crippen LogP contribution in [0.25, 0.3) is 0 Å². The number of nitrogens with one attached hydrogen (secondary N) is 1. The van der Waals surface area contributed by atoms with E-state index in [2.05, 4.69) is 5.32 Å². The number of aliphatic hydroxyl groups is 1. The molecule has 2 atom stereocenters. The van der Waals surface area contributed by atoms with E-state index in [9.17, 15) is 9.59 Å². The van der Waals surface area contributed by atoms with Gasteiger partial charge >= 0.3 is 5.97 Å². The Morgan fingerprint density at radius 3 is 2.73 bits per heavy atom. The Kier molecular flexibility index (Phi) is 2.09. The van der Waals surface area contributed by atoms with Crippen molar-refractivity contribution >= 4 is 11.9 Å². The number of carbonyl (C=O) groups excluding carboxylic acids is 1. The van der Waals surface area contributed by atoms with Crippen molar-refractivity contribution in [1.82, 2.24) is 5.32 Å². The van der Waals surface area contributed by atoms with Crippen LogP contribution in [0.5, 0.6) is 0 Å². The zero-order chi connectivity index (χ0) is 8.43. The first-order valence-electron chi connectivity index (χ1n) is 3.31. The fourth-order valence-corrected chi connectivity index (χ4v) is 1.05. The van der Waals surface area contributed by atoms with Crippen molar-refractivity contribution in [3.8, 4) is 0 Å². The number of carboxylic acid groups (broad SMARTS) is 1. The van der Waals surface area contributed by atoms with Crippen LogP contribution in [-0.4, -0.2) is 34.2 Å². The van der Waals surface area contributed by atoms with Crippen LogP contribution in [0, 0.1) is 0 Å². The molecule has 2 unspecified atom stereocenters. The van der Waals surface area contributed by atoms with E-state index in [-0.39, 0.29) is 5.91 Å². The average Bonchev–Trinajstić information content (AvgIpc) is 2.34. The molecular formula is C6H9NO4. The van der Waals surface area contributed by atoms with Crippen LogP contribution >= 0.6 is 0 Å². The van der Waals surface area contributed by atoms with Crippen LogP contribution in [0.3, 0.4) is 0 Å². The second kappa shape index (κ2) is 2.87. The molecule has 11 heavy (non-hydrogen) atoms. The molecule has 0 aromatic rings. The first-order chi connectivity index (χ1) is 5.11. The highest BCUT2D eigenvalue weighted by Gasteiger charge is 2.31. The van der Waals surface area contributed by atoms with Gasteiger partial charge in [-0.3, -0.25) is 4.79 Å². The quantitative estimate of drug-likeness (QED) is 0.468. The summed E-state index contributed by atoms with van der Waals surface area (Å²) in [5.74, 6) is -1.49. The molecule has 0 saturated carbocycles. The van der Waals surface area contributed by atoms with E-state index < -0.39 is 18.1 Å². The van der Waals surface area contributed by atoms with Crippen molar-refractivity contribution in [1.29, 1.82) is 0 Å². The number of carbonyl (C=O) groups is 2. The number of rotatable bonds is 2. The molecule has 1 fully saturated rings. The van der Waals surface area contributed by atoms with Gasteiger partial charge in [0.2, 0.25) is 5.91 Å². The van der Waals surface area contributed by atoms with Gasteiger partial charge in [0.1, 0.15) is 0 Å². The first-order valence-corrected chi connectivity index (χ1v) is 3.31. The Morgan fingerprint density at radius 2 is 2.36 bits per heavy atom. The van der Waals surface area contributed by atoms with Crippen LogP contribution < -0.4 is 5.32 Å². The van der Waals surface area contributed by atoms with Crippen molar-refractivity contribution in [2.75, 3.05) is 0 Å². The standard InChI is InChI=1S/C6H9NO4/c8-4-2-1-3(7-4)5(9)6(10)11/h3,5,9H,1-2H2,(H,7,8)(H,10,11). The Bertz CT molecular complexity index is 191. The largest absolute Gasteiger partial charge is 0.479 e. The fraction of sp³-hybridized carbons (Fsp3) is 0.667. The molecule has 1 rings (SSSR count). The minimum atomic E-state index is -1.47. The lowest BCUT2D eigenvalue weighted by Gasteiger charge is -2.12. The molecule has 3 N–H and O–H groups in total. The first kappa shape index (κ1) is 8.00. The number of aliphatic carboxylic acids is 1. The summed E-state index contributed by atoms with van der Waals surface area (Å²) in [6, 6.07) is -0.611. The minimum Gasteiger partial charge on any atom is -0.479 e. The van der Waals surface area contributed by atoms with Crippen LogP contribution in [0.15, 0.2) is 0 Å². The highest BCUT2D eigenvalue weighted by molar-refractivity contribution is 5.81. The molecule has 5 heteroatoms. The summed E-state index contributed by atoms with van der Waals surface area (Å²) in [5, 5.41) is 19.6. The predicted octanol–water partition coefficient (Wildman–Crippen LogP) is -1.29. The number of hydrogen-bond acceptors (Lipinski definition) is 3. The van der Waals surface area contributed by atoms with Crippen molar-refractivity contribution in [2.45, 2.75) is 25.0 Å². The van der Waals surface area contributed by atoms with Crippen LogP contribution in [0.2, 0.25) is 0 Å². The molecule has 1 amide bonds. The third-order valence-electron chi connectivity index (χ3n) is 1.66. The van der Waals surface area contributed by atoms with Gasteiger partial charge in [-0.15, -0.1) is 0 Å². The van der Waals surface area contributed by atoms with E-state index >= 15 is 0 Å². The second-order valence-electron chi connectivity index (χ2n) is 2.50. The van der Waals surface area contributed by atoms with E-state index in [0.717, 1.165) is 0 Å². The molecular weight excluding hydrogens is 150 g/mol. The minimum absolute atomic E-state index is 0.199. The topological polar surface area (TPSA) is 86.6 Å². The van der Waals surface area contributed by atoms with E-state index in [0.29, 0.717) is 12.8 Å². The van der Waals surface area contributed by atoms with Gasteiger partial charge in [0.05, 0.1) is 6.04 Å². The maximum absolute atomic E-state index is 10.6. The summed E-state index contributed by atoms with van der Waals surface area (Å²) in [7, 11) is 0.